The molecule has 5 heteroatoms. The van der Waals surface area contributed by atoms with Crippen LogP contribution < -0.4 is 0 Å². The third-order valence-corrected chi connectivity index (χ3v) is 5.11. The molecule has 0 radical (unpaired) electrons. The maximum absolute atomic E-state index is 12.7. The van der Waals surface area contributed by atoms with Crippen molar-refractivity contribution in [3.63, 3.8) is 0 Å². The average Bonchev–Trinajstić information content (AvgIpc) is 3.06. The van der Waals surface area contributed by atoms with Gasteiger partial charge < -0.3 is 4.98 Å². The molecule has 0 saturated heterocycles. The molecule has 1 heterocycles. The Morgan fingerprint density at radius 3 is 2.62 bits per heavy atom. The van der Waals surface area contributed by atoms with Gasteiger partial charge in [0.1, 0.15) is 5.52 Å². The summed E-state index contributed by atoms with van der Waals surface area (Å²) in [7, 11) is 0. The highest BCUT2D eigenvalue weighted by atomic mass is 16.6. The number of carbonyl (C=O) groups is 1. The Labute approximate surface area is 121 Å². The minimum Gasteiger partial charge on any atom is -0.355 e. The topological polar surface area (TPSA) is 76.0 Å². The first-order chi connectivity index (χ1) is 10.2. The number of fused-ring (bicyclic) bond motifs is 2. The minimum atomic E-state index is -0.413. The minimum absolute atomic E-state index is 0.0276. The molecular formula is C16H16N2O3. The third kappa shape index (κ3) is 1.80. The molecule has 1 N–H and O–H groups in total. The fraction of sp³-hybridized carbons (Fsp3) is 0.438. The molecule has 1 aromatic heterocycles. The van der Waals surface area contributed by atoms with Gasteiger partial charge in [-0.3, -0.25) is 14.9 Å². The van der Waals surface area contributed by atoms with Crippen molar-refractivity contribution in [2.75, 3.05) is 0 Å². The standard InChI is InChI=1S/C16H16N2O3/c19-16(14-9-4-1-2-5-10(9)14)12-8-17-15-11(12)6-3-7-13(15)18(20)21/h3,6-10,14,17H,1-2,4-5H2. The van der Waals surface area contributed by atoms with Gasteiger partial charge in [0.05, 0.1) is 4.92 Å². The van der Waals surface area contributed by atoms with E-state index in [0.29, 0.717) is 28.3 Å². The summed E-state index contributed by atoms with van der Waals surface area (Å²) in [6, 6.07) is 4.90. The van der Waals surface area contributed by atoms with E-state index in [1.165, 1.54) is 18.9 Å². The highest BCUT2D eigenvalue weighted by Crippen LogP contribution is 2.56. The Bertz CT molecular complexity index is 737. The fourth-order valence-electron chi connectivity index (χ4n) is 4.06. The second-order valence-corrected chi connectivity index (χ2v) is 6.16. The van der Waals surface area contributed by atoms with Gasteiger partial charge in [0.2, 0.25) is 0 Å². The van der Waals surface area contributed by atoms with E-state index in [-0.39, 0.29) is 17.4 Å². The van der Waals surface area contributed by atoms with Gasteiger partial charge in [-0.05, 0) is 24.7 Å². The summed E-state index contributed by atoms with van der Waals surface area (Å²) < 4.78 is 0. The summed E-state index contributed by atoms with van der Waals surface area (Å²) in [5.74, 6) is 1.41. The van der Waals surface area contributed by atoms with Crippen LogP contribution in [0, 0.1) is 27.9 Å². The quantitative estimate of drug-likeness (QED) is 0.530. The van der Waals surface area contributed by atoms with E-state index >= 15 is 0 Å². The van der Waals surface area contributed by atoms with Crippen LogP contribution in [-0.4, -0.2) is 15.7 Å². The molecule has 0 spiro atoms. The summed E-state index contributed by atoms with van der Waals surface area (Å²) in [4.78, 5) is 26.3. The summed E-state index contributed by atoms with van der Waals surface area (Å²) >= 11 is 0. The normalized spacial score (nSPS) is 27.3. The number of nitro groups is 1. The smallest absolute Gasteiger partial charge is 0.293 e. The number of non-ortho nitro benzene ring substituents is 1. The Morgan fingerprint density at radius 1 is 1.24 bits per heavy atom. The van der Waals surface area contributed by atoms with Crippen molar-refractivity contribution in [1.29, 1.82) is 0 Å². The van der Waals surface area contributed by atoms with Gasteiger partial charge in [-0.25, -0.2) is 0 Å². The van der Waals surface area contributed by atoms with E-state index in [1.54, 1.807) is 18.3 Å². The number of aromatic amines is 1. The molecule has 108 valence electrons. The van der Waals surface area contributed by atoms with Crippen molar-refractivity contribution < 1.29 is 9.72 Å². The van der Waals surface area contributed by atoms with Crippen LogP contribution in [0.2, 0.25) is 0 Å². The molecule has 2 saturated carbocycles. The second kappa shape index (κ2) is 4.41. The molecule has 5 nitrogen and oxygen atoms in total. The second-order valence-electron chi connectivity index (χ2n) is 6.16. The number of nitrogens with zero attached hydrogens (tertiary/aromatic N) is 1. The van der Waals surface area contributed by atoms with Crippen molar-refractivity contribution in [1.82, 2.24) is 4.98 Å². The number of hydrogen-bond acceptors (Lipinski definition) is 3. The van der Waals surface area contributed by atoms with E-state index in [9.17, 15) is 14.9 Å². The van der Waals surface area contributed by atoms with Gasteiger partial charge in [-0.15, -0.1) is 0 Å². The number of carbonyl (C=O) groups excluding carboxylic acids is 1. The molecule has 1 aromatic carbocycles. The van der Waals surface area contributed by atoms with Crippen LogP contribution in [0.4, 0.5) is 5.69 Å². The molecule has 4 rings (SSSR count). The van der Waals surface area contributed by atoms with Crippen molar-refractivity contribution in [2.24, 2.45) is 17.8 Å². The predicted molar refractivity (Wildman–Crippen MR) is 78.2 cm³/mol. The first-order valence-electron chi connectivity index (χ1n) is 7.47. The molecule has 0 amide bonds. The fourth-order valence-corrected chi connectivity index (χ4v) is 4.06. The zero-order chi connectivity index (χ0) is 14.6. The Balaban J connectivity index is 1.73. The van der Waals surface area contributed by atoms with Crippen LogP contribution in [0.15, 0.2) is 24.4 Å². The van der Waals surface area contributed by atoms with Crippen molar-refractivity contribution in [3.05, 3.63) is 40.1 Å². The predicted octanol–water partition coefficient (Wildman–Crippen LogP) is 3.70. The molecule has 2 aliphatic carbocycles. The molecule has 2 aromatic rings. The van der Waals surface area contributed by atoms with E-state index in [2.05, 4.69) is 4.98 Å². The molecule has 0 bridgehead atoms. The molecule has 21 heavy (non-hydrogen) atoms. The lowest BCUT2D eigenvalue weighted by molar-refractivity contribution is -0.383. The number of Topliss-reactive ketones (excluding diaryl/α,β-unsaturated/α-hetero) is 1. The lowest BCUT2D eigenvalue weighted by Crippen LogP contribution is -2.03. The largest absolute Gasteiger partial charge is 0.355 e. The number of hydrogen-bond donors (Lipinski definition) is 1. The molecule has 2 unspecified atom stereocenters. The SMILES string of the molecule is O=C(c1c[nH]c2c([N+](=O)[O-])cccc12)C1C2CCCCC21. The van der Waals surface area contributed by atoms with Crippen molar-refractivity contribution in [3.8, 4) is 0 Å². The van der Waals surface area contributed by atoms with E-state index in [0.717, 1.165) is 12.8 Å². The summed E-state index contributed by atoms with van der Waals surface area (Å²) in [5.41, 5.74) is 1.10. The number of ketones is 1. The van der Waals surface area contributed by atoms with Crippen LogP contribution in [0.25, 0.3) is 10.9 Å². The van der Waals surface area contributed by atoms with Crippen LogP contribution in [0.3, 0.4) is 0 Å². The third-order valence-electron chi connectivity index (χ3n) is 5.11. The van der Waals surface area contributed by atoms with Crippen molar-refractivity contribution >= 4 is 22.4 Å². The Hall–Kier alpha value is -2.17. The number of benzene rings is 1. The maximum atomic E-state index is 12.7. The van der Waals surface area contributed by atoms with Crippen molar-refractivity contribution in [2.45, 2.75) is 25.7 Å². The Kier molecular flexibility index (Phi) is 2.64. The van der Waals surface area contributed by atoms with E-state index in [4.69, 9.17) is 0 Å². The van der Waals surface area contributed by atoms with E-state index in [1.807, 2.05) is 0 Å². The molecule has 0 aliphatic heterocycles. The highest BCUT2D eigenvalue weighted by molar-refractivity contribution is 6.11. The number of nitro benzene ring substituents is 1. The summed E-state index contributed by atoms with van der Waals surface area (Å²) in [5, 5.41) is 11.7. The highest BCUT2D eigenvalue weighted by Gasteiger charge is 2.54. The summed E-state index contributed by atoms with van der Waals surface area (Å²) in [6.07, 6.45) is 6.41. The molecule has 2 fully saturated rings. The average molecular weight is 284 g/mol. The van der Waals surface area contributed by atoms with Gasteiger partial charge in [0, 0.05) is 29.1 Å². The van der Waals surface area contributed by atoms with Gasteiger partial charge in [0.15, 0.2) is 5.78 Å². The van der Waals surface area contributed by atoms with Crippen LogP contribution in [-0.2, 0) is 0 Å². The first-order valence-corrected chi connectivity index (χ1v) is 7.47. The summed E-state index contributed by atoms with van der Waals surface area (Å²) in [6.45, 7) is 0. The van der Waals surface area contributed by atoms with Gasteiger partial charge in [-0.2, -0.15) is 0 Å². The zero-order valence-electron chi connectivity index (χ0n) is 11.5. The number of aromatic nitrogens is 1. The lowest BCUT2D eigenvalue weighted by atomic mass is 10.0. The Morgan fingerprint density at radius 2 is 1.95 bits per heavy atom. The van der Waals surface area contributed by atoms with E-state index < -0.39 is 4.92 Å². The lowest BCUT2D eigenvalue weighted by Gasteiger charge is -2.04. The zero-order valence-corrected chi connectivity index (χ0v) is 11.5. The van der Waals surface area contributed by atoms with Crippen LogP contribution >= 0.6 is 0 Å². The molecule has 2 atom stereocenters. The van der Waals surface area contributed by atoms with Crippen LogP contribution in [0.1, 0.15) is 36.0 Å². The monoisotopic (exact) mass is 284 g/mol. The number of H-pyrrole nitrogens is 1. The number of nitrogens with one attached hydrogen (secondary N) is 1. The first kappa shape index (κ1) is 12.6. The number of rotatable bonds is 3. The maximum Gasteiger partial charge on any atom is 0.293 e. The van der Waals surface area contributed by atoms with Gasteiger partial charge in [-0.1, -0.05) is 25.0 Å². The van der Waals surface area contributed by atoms with Gasteiger partial charge >= 0.3 is 0 Å². The number of para-hydroxylation sites is 1. The van der Waals surface area contributed by atoms with Crippen LogP contribution in [0.5, 0.6) is 0 Å². The molecular weight excluding hydrogens is 268 g/mol. The van der Waals surface area contributed by atoms with Gasteiger partial charge in [0.25, 0.3) is 5.69 Å². The molecule has 2 aliphatic rings.